The first-order valence-electron chi connectivity index (χ1n) is 6.66. The number of rotatable bonds is 9. The summed E-state index contributed by atoms with van der Waals surface area (Å²) in [6.45, 7) is 3.39. The van der Waals surface area contributed by atoms with E-state index in [0.29, 0.717) is 18.9 Å². The number of hydrogen-bond donors (Lipinski definition) is 1. The molecule has 5 heteroatoms. The molecule has 0 aliphatic rings. The molecule has 0 aliphatic carbocycles. The summed E-state index contributed by atoms with van der Waals surface area (Å²) in [6, 6.07) is 5.67. The number of esters is 1. The van der Waals surface area contributed by atoms with Gasteiger partial charge in [-0.1, -0.05) is 12.5 Å². The van der Waals surface area contributed by atoms with Gasteiger partial charge in [0.05, 0.1) is 13.7 Å². The first kappa shape index (κ1) is 15.3. The Hall–Kier alpha value is -1.78. The Morgan fingerprint density at radius 3 is 2.89 bits per heavy atom. The van der Waals surface area contributed by atoms with Crippen LogP contribution in [0, 0.1) is 0 Å². The fourth-order valence-electron chi connectivity index (χ4n) is 1.63. The Labute approximate surface area is 114 Å². The fraction of sp³-hybridized carbons (Fsp3) is 0.571. The van der Waals surface area contributed by atoms with Crippen LogP contribution >= 0.6 is 0 Å². The molecule has 0 fully saturated rings. The highest BCUT2D eigenvalue weighted by molar-refractivity contribution is 5.68. The van der Waals surface area contributed by atoms with E-state index in [0.717, 1.165) is 31.6 Å². The number of carbonyl (C=O) groups excluding carboxylic acids is 1. The molecule has 1 N–H and O–H groups in total. The van der Waals surface area contributed by atoms with E-state index in [1.54, 1.807) is 0 Å². The second-order valence-electron chi connectivity index (χ2n) is 4.11. The van der Waals surface area contributed by atoms with Gasteiger partial charge in [-0.25, -0.2) is 0 Å². The van der Waals surface area contributed by atoms with Gasteiger partial charge in [0.25, 0.3) is 0 Å². The van der Waals surface area contributed by atoms with Crippen LogP contribution in [0.4, 0.5) is 5.82 Å². The zero-order valence-electron chi connectivity index (χ0n) is 11.6. The van der Waals surface area contributed by atoms with Gasteiger partial charge in [0.2, 0.25) is 5.88 Å². The van der Waals surface area contributed by atoms with Crippen LogP contribution in [-0.2, 0) is 9.53 Å². The number of nitrogens with one attached hydrogen (secondary N) is 1. The minimum atomic E-state index is -0.140. The van der Waals surface area contributed by atoms with Gasteiger partial charge in [-0.2, -0.15) is 4.98 Å². The summed E-state index contributed by atoms with van der Waals surface area (Å²) < 4.78 is 9.91. The molecule has 19 heavy (non-hydrogen) atoms. The van der Waals surface area contributed by atoms with Crippen LogP contribution in [0.3, 0.4) is 0 Å². The molecule has 0 unspecified atom stereocenters. The maximum absolute atomic E-state index is 10.9. The van der Waals surface area contributed by atoms with E-state index in [1.165, 1.54) is 7.11 Å². The van der Waals surface area contributed by atoms with Crippen LogP contribution < -0.4 is 10.1 Å². The number of aromatic nitrogens is 1. The Morgan fingerprint density at radius 1 is 1.32 bits per heavy atom. The van der Waals surface area contributed by atoms with Crippen LogP contribution in [0.15, 0.2) is 18.2 Å². The Kier molecular flexibility index (Phi) is 7.39. The molecular formula is C14H22N2O3. The van der Waals surface area contributed by atoms with Gasteiger partial charge in [-0.05, 0) is 25.8 Å². The lowest BCUT2D eigenvalue weighted by molar-refractivity contribution is -0.140. The molecule has 0 amide bonds. The normalized spacial score (nSPS) is 10.0. The highest BCUT2D eigenvalue weighted by atomic mass is 16.5. The predicted molar refractivity (Wildman–Crippen MR) is 74.4 cm³/mol. The van der Waals surface area contributed by atoms with Crippen molar-refractivity contribution in [3.63, 3.8) is 0 Å². The van der Waals surface area contributed by atoms with Crippen LogP contribution in [0.25, 0.3) is 0 Å². The lowest BCUT2D eigenvalue weighted by Crippen LogP contribution is -2.05. The molecule has 1 aromatic rings. The first-order valence-corrected chi connectivity index (χ1v) is 6.66. The van der Waals surface area contributed by atoms with Crippen molar-refractivity contribution in [3.05, 3.63) is 18.2 Å². The quantitative estimate of drug-likeness (QED) is 0.550. The minimum Gasteiger partial charge on any atom is -0.478 e. The van der Waals surface area contributed by atoms with Crippen LogP contribution in [0.2, 0.25) is 0 Å². The van der Waals surface area contributed by atoms with E-state index >= 15 is 0 Å². The standard InChI is InChI=1S/C14H22N2O3/c1-3-19-13-9-7-8-12(16-13)15-11-6-4-5-10-14(17)18-2/h7-9H,3-6,10-11H2,1-2H3,(H,15,16). The lowest BCUT2D eigenvalue weighted by atomic mass is 10.2. The van der Waals surface area contributed by atoms with Crippen LogP contribution in [0.5, 0.6) is 5.88 Å². The van der Waals surface area contributed by atoms with Gasteiger partial charge in [0.1, 0.15) is 5.82 Å². The Balaban J connectivity index is 2.15. The summed E-state index contributed by atoms with van der Waals surface area (Å²) in [6.07, 6.45) is 3.35. The third-order valence-electron chi connectivity index (χ3n) is 2.61. The number of pyridine rings is 1. The third-order valence-corrected chi connectivity index (χ3v) is 2.61. The minimum absolute atomic E-state index is 0.140. The molecule has 0 bridgehead atoms. The summed E-state index contributed by atoms with van der Waals surface area (Å²) in [7, 11) is 1.42. The van der Waals surface area contributed by atoms with Gasteiger partial charge in [-0.3, -0.25) is 4.79 Å². The van der Waals surface area contributed by atoms with Gasteiger partial charge in [0, 0.05) is 19.0 Å². The first-order chi connectivity index (χ1) is 9.26. The molecule has 0 aliphatic heterocycles. The van der Waals surface area contributed by atoms with Crippen molar-refractivity contribution >= 4 is 11.8 Å². The molecule has 0 atom stereocenters. The molecule has 0 aromatic carbocycles. The maximum atomic E-state index is 10.9. The Morgan fingerprint density at radius 2 is 2.16 bits per heavy atom. The van der Waals surface area contributed by atoms with E-state index in [-0.39, 0.29) is 5.97 Å². The van der Waals surface area contributed by atoms with Crippen molar-refractivity contribution in [1.82, 2.24) is 4.98 Å². The van der Waals surface area contributed by atoms with Crippen molar-refractivity contribution in [2.45, 2.75) is 32.6 Å². The summed E-state index contributed by atoms with van der Waals surface area (Å²) in [4.78, 5) is 15.2. The number of hydrogen-bond acceptors (Lipinski definition) is 5. The lowest BCUT2D eigenvalue weighted by Gasteiger charge is -2.07. The second-order valence-corrected chi connectivity index (χ2v) is 4.11. The number of anilines is 1. The SMILES string of the molecule is CCOc1cccc(NCCCCCC(=O)OC)n1. The van der Waals surface area contributed by atoms with Crippen molar-refractivity contribution in [2.24, 2.45) is 0 Å². The predicted octanol–water partition coefficient (Wildman–Crippen LogP) is 2.63. The smallest absolute Gasteiger partial charge is 0.305 e. The average molecular weight is 266 g/mol. The number of nitrogens with zero attached hydrogens (tertiary/aromatic N) is 1. The van der Waals surface area contributed by atoms with Gasteiger partial charge < -0.3 is 14.8 Å². The van der Waals surface area contributed by atoms with Gasteiger partial charge >= 0.3 is 5.97 Å². The number of unbranched alkanes of at least 4 members (excludes halogenated alkanes) is 2. The third kappa shape index (κ3) is 6.64. The molecule has 0 radical (unpaired) electrons. The molecule has 1 heterocycles. The van der Waals surface area contributed by atoms with Crippen LogP contribution in [-0.4, -0.2) is 31.2 Å². The van der Waals surface area contributed by atoms with E-state index in [1.807, 2.05) is 25.1 Å². The largest absolute Gasteiger partial charge is 0.478 e. The zero-order chi connectivity index (χ0) is 13.9. The monoisotopic (exact) mass is 266 g/mol. The molecule has 0 saturated carbocycles. The van der Waals surface area contributed by atoms with Crippen molar-refractivity contribution in [2.75, 3.05) is 25.6 Å². The average Bonchev–Trinajstić information content (AvgIpc) is 2.43. The van der Waals surface area contributed by atoms with E-state index in [4.69, 9.17) is 4.74 Å². The molecular weight excluding hydrogens is 244 g/mol. The van der Waals surface area contributed by atoms with Gasteiger partial charge in [-0.15, -0.1) is 0 Å². The maximum Gasteiger partial charge on any atom is 0.305 e. The van der Waals surface area contributed by atoms with E-state index < -0.39 is 0 Å². The van der Waals surface area contributed by atoms with E-state index in [2.05, 4.69) is 15.0 Å². The fourth-order valence-corrected chi connectivity index (χ4v) is 1.63. The number of ether oxygens (including phenoxy) is 2. The van der Waals surface area contributed by atoms with Gasteiger partial charge in [0.15, 0.2) is 0 Å². The van der Waals surface area contributed by atoms with Crippen molar-refractivity contribution in [1.29, 1.82) is 0 Å². The molecule has 0 saturated heterocycles. The summed E-state index contributed by atoms with van der Waals surface area (Å²) in [5, 5.41) is 3.24. The zero-order valence-corrected chi connectivity index (χ0v) is 11.6. The molecule has 106 valence electrons. The Bertz CT molecular complexity index is 383. The summed E-state index contributed by atoms with van der Waals surface area (Å²) in [5.74, 6) is 1.32. The second kappa shape index (κ2) is 9.19. The highest BCUT2D eigenvalue weighted by Gasteiger charge is 2.00. The summed E-state index contributed by atoms with van der Waals surface area (Å²) >= 11 is 0. The topological polar surface area (TPSA) is 60.5 Å². The van der Waals surface area contributed by atoms with E-state index in [9.17, 15) is 4.79 Å². The molecule has 1 rings (SSSR count). The van der Waals surface area contributed by atoms with Crippen molar-refractivity contribution in [3.8, 4) is 5.88 Å². The molecule has 0 spiro atoms. The molecule has 1 aromatic heterocycles. The number of carbonyl (C=O) groups is 1. The van der Waals surface area contributed by atoms with Crippen LogP contribution in [0.1, 0.15) is 32.6 Å². The molecule has 5 nitrogen and oxygen atoms in total. The highest BCUT2D eigenvalue weighted by Crippen LogP contribution is 2.11. The number of methoxy groups -OCH3 is 1. The van der Waals surface area contributed by atoms with Crippen molar-refractivity contribution < 1.29 is 14.3 Å². The summed E-state index contributed by atoms with van der Waals surface area (Å²) in [5.41, 5.74) is 0.